The molecule has 2 aromatic rings. The zero-order chi connectivity index (χ0) is 21.2. The fourth-order valence-electron chi connectivity index (χ4n) is 3.33. The second-order valence-corrected chi connectivity index (χ2v) is 11.0. The van der Waals surface area contributed by atoms with Gasteiger partial charge in [-0.15, -0.1) is 0 Å². The Labute approximate surface area is 169 Å². The first-order chi connectivity index (χ1) is 13.6. The highest BCUT2D eigenvalue weighted by Gasteiger charge is 2.36. The molecule has 158 valence electrons. The van der Waals surface area contributed by atoms with E-state index in [9.17, 15) is 25.6 Å². The Hall–Kier alpha value is -1.88. The molecule has 1 aliphatic heterocycles. The van der Waals surface area contributed by atoms with Gasteiger partial charge in [0.25, 0.3) is 0 Å². The average Bonchev–Trinajstić information content (AvgIpc) is 2.65. The van der Waals surface area contributed by atoms with Gasteiger partial charge in [-0.05, 0) is 42.3 Å². The molecule has 0 saturated carbocycles. The first kappa shape index (κ1) is 21.8. The number of nitrogens with zero attached hydrogens (tertiary/aromatic N) is 2. The van der Waals surface area contributed by atoms with Crippen molar-refractivity contribution in [1.29, 1.82) is 0 Å². The number of benzene rings is 2. The zero-order valence-corrected chi connectivity index (χ0v) is 17.5. The Morgan fingerprint density at radius 2 is 1.24 bits per heavy atom. The number of halogens is 2. The monoisotopic (exact) mass is 444 g/mol. The molecule has 0 amide bonds. The summed E-state index contributed by atoms with van der Waals surface area (Å²) in [5.41, 5.74) is 0.926. The van der Waals surface area contributed by atoms with E-state index in [2.05, 4.69) is 0 Å². The first-order valence-electron chi connectivity index (χ1n) is 9.03. The quantitative estimate of drug-likeness (QED) is 0.686. The van der Waals surface area contributed by atoms with Crippen molar-refractivity contribution in [2.45, 2.75) is 24.5 Å². The average molecular weight is 445 g/mol. The molecule has 0 bridgehead atoms. The number of sulfonamides is 2. The molecule has 0 unspecified atom stereocenters. The third kappa shape index (κ3) is 5.39. The molecule has 1 aliphatic rings. The largest absolute Gasteiger partial charge is 0.218 e. The van der Waals surface area contributed by atoms with Crippen LogP contribution in [0, 0.1) is 11.6 Å². The Morgan fingerprint density at radius 1 is 0.793 bits per heavy atom. The summed E-state index contributed by atoms with van der Waals surface area (Å²) < 4.78 is 79.5. The lowest BCUT2D eigenvalue weighted by Gasteiger charge is -2.38. The van der Waals surface area contributed by atoms with Gasteiger partial charge in [0.05, 0.1) is 11.5 Å². The third-order valence-electron chi connectivity index (χ3n) is 4.80. The molecular weight excluding hydrogens is 422 g/mol. The number of hydrogen-bond acceptors (Lipinski definition) is 4. The SMILES string of the molecule is C[C@H]1CN(S(=O)(=O)Cc2ccc(F)cc2)CCN1S(=O)(=O)Cc1ccc(F)cc1. The summed E-state index contributed by atoms with van der Waals surface area (Å²) in [6, 6.07) is 9.93. The summed E-state index contributed by atoms with van der Waals surface area (Å²) in [5, 5.41) is 0. The minimum atomic E-state index is -3.68. The van der Waals surface area contributed by atoms with Crippen LogP contribution in [0.2, 0.25) is 0 Å². The van der Waals surface area contributed by atoms with Crippen LogP contribution in [0.1, 0.15) is 18.1 Å². The fraction of sp³-hybridized carbons (Fsp3) is 0.368. The van der Waals surface area contributed by atoms with Crippen LogP contribution >= 0.6 is 0 Å². The van der Waals surface area contributed by atoms with Crippen molar-refractivity contribution in [1.82, 2.24) is 8.61 Å². The molecule has 1 saturated heterocycles. The van der Waals surface area contributed by atoms with E-state index in [4.69, 9.17) is 0 Å². The van der Waals surface area contributed by atoms with E-state index in [1.54, 1.807) is 6.92 Å². The van der Waals surface area contributed by atoms with Crippen molar-refractivity contribution in [3.63, 3.8) is 0 Å². The molecule has 1 atom stereocenters. The van der Waals surface area contributed by atoms with Crippen molar-refractivity contribution in [2.24, 2.45) is 0 Å². The van der Waals surface area contributed by atoms with Gasteiger partial charge in [0.2, 0.25) is 20.0 Å². The summed E-state index contributed by atoms with van der Waals surface area (Å²) in [7, 11) is -7.35. The Kier molecular flexibility index (Phi) is 6.37. The summed E-state index contributed by atoms with van der Waals surface area (Å²) in [6.07, 6.45) is 0. The lowest BCUT2D eigenvalue weighted by atomic mass is 10.2. The maximum atomic E-state index is 13.0. The van der Waals surface area contributed by atoms with Crippen LogP contribution in [0.5, 0.6) is 0 Å². The van der Waals surface area contributed by atoms with Crippen molar-refractivity contribution < 1.29 is 25.6 Å². The molecule has 0 radical (unpaired) electrons. The van der Waals surface area contributed by atoms with Gasteiger partial charge in [-0.3, -0.25) is 0 Å². The topological polar surface area (TPSA) is 74.8 Å². The molecule has 29 heavy (non-hydrogen) atoms. The molecule has 1 heterocycles. The molecular formula is C19H22F2N2O4S2. The van der Waals surface area contributed by atoms with Crippen LogP contribution in [0.25, 0.3) is 0 Å². The van der Waals surface area contributed by atoms with E-state index in [0.717, 1.165) is 0 Å². The van der Waals surface area contributed by atoms with Gasteiger partial charge >= 0.3 is 0 Å². The molecule has 2 aromatic carbocycles. The molecule has 0 aromatic heterocycles. The van der Waals surface area contributed by atoms with Gasteiger partial charge in [0.15, 0.2) is 0 Å². The predicted molar refractivity (Wildman–Crippen MR) is 106 cm³/mol. The highest BCUT2D eigenvalue weighted by molar-refractivity contribution is 7.88. The van der Waals surface area contributed by atoms with Crippen LogP contribution in [-0.4, -0.2) is 51.1 Å². The molecule has 0 aliphatic carbocycles. The number of hydrogen-bond donors (Lipinski definition) is 0. The highest BCUT2D eigenvalue weighted by Crippen LogP contribution is 2.22. The molecule has 6 nitrogen and oxygen atoms in total. The maximum Gasteiger partial charge on any atom is 0.218 e. The van der Waals surface area contributed by atoms with Gasteiger partial charge < -0.3 is 0 Å². The molecule has 1 fully saturated rings. The van der Waals surface area contributed by atoms with E-state index in [-0.39, 0.29) is 31.1 Å². The first-order valence-corrected chi connectivity index (χ1v) is 12.2. The van der Waals surface area contributed by atoms with Gasteiger partial charge in [-0.1, -0.05) is 24.3 Å². The lowest BCUT2D eigenvalue weighted by molar-refractivity contribution is 0.212. The van der Waals surface area contributed by atoms with E-state index in [0.29, 0.717) is 11.1 Å². The molecule has 0 N–H and O–H groups in total. The van der Waals surface area contributed by atoms with E-state index < -0.39 is 37.7 Å². The van der Waals surface area contributed by atoms with Gasteiger partial charge in [-0.25, -0.2) is 25.6 Å². The molecule has 10 heteroatoms. The van der Waals surface area contributed by atoms with E-state index in [1.165, 1.54) is 57.1 Å². The van der Waals surface area contributed by atoms with Crippen LogP contribution in [0.3, 0.4) is 0 Å². The Balaban J connectivity index is 1.67. The van der Waals surface area contributed by atoms with Crippen LogP contribution in [0.15, 0.2) is 48.5 Å². The normalized spacial score (nSPS) is 19.3. The second kappa shape index (κ2) is 8.47. The van der Waals surface area contributed by atoms with Gasteiger partial charge in [0.1, 0.15) is 11.6 Å². The number of piperazine rings is 1. The smallest absolute Gasteiger partial charge is 0.212 e. The summed E-state index contributed by atoms with van der Waals surface area (Å²) in [4.78, 5) is 0. The fourth-order valence-corrected chi connectivity index (χ4v) is 6.68. The predicted octanol–water partition coefficient (Wildman–Crippen LogP) is 2.33. The third-order valence-corrected chi connectivity index (χ3v) is 8.58. The number of rotatable bonds is 6. The molecule has 3 rings (SSSR count). The summed E-state index contributed by atoms with van der Waals surface area (Å²) in [6.45, 7) is 1.76. The van der Waals surface area contributed by atoms with E-state index >= 15 is 0 Å². The van der Waals surface area contributed by atoms with Crippen molar-refractivity contribution >= 4 is 20.0 Å². The lowest BCUT2D eigenvalue weighted by Crippen LogP contribution is -2.55. The minimum absolute atomic E-state index is 0.0339. The Morgan fingerprint density at radius 3 is 1.69 bits per heavy atom. The zero-order valence-electron chi connectivity index (χ0n) is 15.8. The Bertz CT molecular complexity index is 1060. The second-order valence-electron chi connectivity index (χ2n) is 7.08. The van der Waals surface area contributed by atoms with Crippen LogP contribution in [0.4, 0.5) is 8.78 Å². The van der Waals surface area contributed by atoms with Gasteiger partial charge in [-0.2, -0.15) is 8.61 Å². The van der Waals surface area contributed by atoms with Crippen molar-refractivity contribution in [3.8, 4) is 0 Å². The minimum Gasteiger partial charge on any atom is -0.212 e. The standard InChI is InChI=1S/C19H22F2N2O4S2/c1-15-12-22(28(24,25)13-16-2-6-18(20)7-3-16)10-11-23(15)29(26,27)14-17-4-8-19(21)9-5-17/h2-9,15H,10-14H2,1H3/t15-/m0/s1. The van der Waals surface area contributed by atoms with Gasteiger partial charge in [0, 0.05) is 25.7 Å². The van der Waals surface area contributed by atoms with Crippen molar-refractivity contribution in [3.05, 3.63) is 71.3 Å². The molecule has 0 spiro atoms. The summed E-state index contributed by atoms with van der Waals surface area (Å²) >= 11 is 0. The van der Waals surface area contributed by atoms with Crippen LogP contribution in [-0.2, 0) is 31.6 Å². The maximum absolute atomic E-state index is 13.0. The summed E-state index contributed by atoms with van der Waals surface area (Å²) in [5.74, 6) is -1.44. The van der Waals surface area contributed by atoms with Crippen molar-refractivity contribution in [2.75, 3.05) is 19.6 Å². The van der Waals surface area contributed by atoms with E-state index in [1.807, 2.05) is 0 Å². The van der Waals surface area contributed by atoms with Crippen LogP contribution < -0.4 is 0 Å². The highest BCUT2D eigenvalue weighted by atomic mass is 32.2.